The predicted octanol–water partition coefficient (Wildman–Crippen LogP) is 7.14. The van der Waals surface area contributed by atoms with Crippen molar-refractivity contribution in [2.75, 3.05) is 17.6 Å². The van der Waals surface area contributed by atoms with E-state index in [-0.39, 0.29) is 17.7 Å². The number of rotatable bonds is 8. The van der Waals surface area contributed by atoms with Gasteiger partial charge in [0.15, 0.2) is 0 Å². The molecular formula is C34H34BrFN3O2PS. The van der Waals surface area contributed by atoms with E-state index in [0.29, 0.717) is 16.6 Å². The minimum Gasteiger partial charge on any atom is -0.241 e. The smallest absolute Gasteiger partial charge is 0.239 e. The van der Waals surface area contributed by atoms with Gasteiger partial charge in [0, 0.05) is 23.5 Å². The molecule has 0 unspecified atom stereocenters. The van der Waals surface area contributed by atoms with Crippen LogP contribution in [0, 0.1) is 5.82 Å². The second-order valence-electron chi connectivity index (χ2n) is 10.1. The van der Waals surface area contributed by atoms with Crippen molar-refractivity contribution in [3.8, 4) is 11.3 Å². The minimum atomic E-state index is -3.49. The lowest BCUT2D eigenvalue weighted by atomic mass is 10.00. The Kier molecular flexibility index (Phi) is 11.2. The van der Waals surface area contributed by atoms with Gasteiger partial charge in [-0.05, 0) is 54.0 Å². The van der Waals surface area contributed by atoms with Crippen molar-refractivity contribution in [3.05, 3.63) is 132 Å². The second kappa shape index (κ2) is 14.8. The number of halogens is 2. The Hall–Kier alpha value is -3.45. The lowest BCUT2D eigenvalue weighted by Crippen LogP contribution is -2.27. The normalized spacial score (nSPS) is 11.3. The van der Waals surface area contributed by atoms with Gasteiger partial charge in [-0.25, -0.2) is 27.1 Å². The van der Waals surface area contributed by atoms with Crippen molar-refractivity contribution in [2.24, 2.45) is 0 Å². The van der Waals surface area contributed by atoms with Crippen molar-refractivity contribution < 1.29 is 12.8 Å². The molecule has 0 aliphatic heterocycles. The second-order valence-corrected chi connectivity index (χ2v) is 14.9. The molecule has 0 aliphatic carbocycles. The van der Waals surface area contributed by atoms with Gasteiger partial charge >= 0.3 is 0 Å². The van der Waals surface area contributed by atoms with E-state index >= 15 is 0 Å². The van der Waals surface area contributed by atoms with Gasteiger partial charge in [-0.15, -0.1) is 0 Å². The monoisotopic (exact) mass is 677 g/mol. The fourth-order valence-corrected chi connectivity index (χ4v) is 7.65. The van der Waals surface area contributed by atoms with Gasteiger partial charge in [0.2, 0.25) is 16.0 Å². The summed E-state index contributed by atoms with van der Waals surface area (Å²) in [6.45, 7) is 3.96. The molecule has 5 rings (SSSR count). The average molecular weight is 679 g/mol. The van der Waals surface area contributed by atoms with Crippen LogP contribution in [0.3, 0.4) is 0 Å². The maximum absolute atomic E-state index is 13.2. The number of benzene rings is 4. The Morgan fingerprint density at radius 1 is 0.767 bits per heavy atom. The Morgan fingerprint density at radius 3 is 1.58 bits per heavy atom. The zero-order valence-electron chi connectivity index (χ0n) is 24.5. The zero-order chi connectivity index (χ0) is 31.0. The Bertz CT molecular complexity index is 1630. The third kappa shape index (κ3) is 8.35. The first-order valence-electron chi connectivity index (χ1n) is 13.7. The standard InChI is InChI=1S/C18H15P.C16H19BrFN3O2S/c1-4-10-16(11-5-1)19(17-12-6-2-7-13-17)18-14-8-3-9-15-18;1-10(2)14-13(9-17)15(11-5-7-12(18)8-6-11)20-16(19-14)21(3)24(4,22)23/h1-15H;5-8,10H,9H2,1-4H3. The van der Waals surface area contributed by atoms with Crippen LogP contribution in [-0.2, 0) is 15.4 Å². The maximum Gasteiger partial charge on any atom is 0.239 e. The number of anilines is 1. The summed E-state index contributed by atoms with van der Waals surface area (Å²) >= 11 is 3.45. The summed E-state index contributed by atoms with van der Waals surface area (Å²) < 4.78 is 38.0. The molecule has 0 aliphatic rings. The summed E-state index contributed by atoms with van der Waals surface area (Å²) in [5, 5.41) is 4.70. The highest BCUT2D eigenvalue weighted by atomic mass is 79.9. The highest BCUT2D eigenvalue weighted by Crippen LogP contribution is 2.33. The SMILES string of the molecule is CC(C)c1nc(N(C)S(C)(=O)=O)nc(-c2ccc(F)cc2)c1CBr.c1ccc(P(c2ccccc2)c2ccccc2)cc1. The van der Waals surface area contributed by atoms with Gasteiger partial charge in [-0.3, -0.25) is 0 Å². The van der Waals surface area contributed by atoms with E-state index in [0.717, 1.165) is 21.8 Å². The highest BCUT2D eigenvalue weighted by Gasteiger charge is 2.22. The summed E-state index contributed by atoms with van der Waals surface area (Å²) in [5.41, 5.74) is 2.92. The summed E-state index contributed by atoms with van der Waals surface area (Å²) in [4.78, 5) is 8.88. The molecule has 1 heterocycles. The van der Waals surface area contributed by atoms with Crippen LogP contribution in [0.25, 0.3) is 11.3 Å². The van der Waals surface area contributed by atoms with Crippen LogP contribution in [0.2, 0.25) is 0 Å². The molecule has 9 heteroatoms. The molecule has 0 amide bonds. The molecule has 222 valence electrons. The molecule has 0 atom stereocenters. The van der Waals surface area contributed by atoms with E-state index in [2.05, 4.69) is 117 Å². The fourth-order valence-electron chi connectivity index (χ4n) is 4.41. The van der Waals surface area contributed by atoms with Gasteiger partial charge < -0.3 is 0 Å². The minimum absolute atomic E-state index is 0.0754. The largest absolute Gasteiger partial charge is 0.241 e. The molecule has 4 aromatic carbocycles. The Morgan fingerprint density at radius 2 is 1.21 bits per heavy atom. The van der Waals surface area contributed by atoms with Crippen LogP contribution in [0.1, 0.15) is 31.0 Å². The van der Waals surface area contributed by atoms with E-state index in [9.17, 15) is 12.8 Å². The first-order valence-corrected chi connectivity index (χ1v) is 18.0. The third-order valence-corrected chi connectivity index (χ3v) is 10.8. The molecule has 0 bridgehead atoms. The lowest BCUT2D eigenvalue weighted by molar-refractivity contribution is 0.599. The number of sulfonamides is 1. The summed E-state index contributed by atoms with van der Waals surface area (Å²) in [6.07, 6.45) is 1.10. The van der Waals surface area contributed by atoms with Gasteiger partial charge in [-0.2, -0.15) is 0 Å². The van der Waals surface area contributed by atoms with Crippen molar-refractivity contribution in [3.63, 3.8) is 0 Å². The third-order valence-electron chi connectivity index (χ3n) is 6.65. The fraction of sp³-hybridized carbons (Fsp3) is 0.176. The van der Waals surface area contributed by atoms with Crippen LogP contribution >= 0.6 is 23.9 Å². The lowest BCUT2D eigenvalue weighted by Gasteiger charge is -2.20. The first kappa shape index (κ1) is 32.5. The van der Waals surface area contributed by atoms with E-state index in [4.69, 9.17) is 0 Å². The highest BCUT2D eigenvalue weighted by molar-refractivity contribution is 9.08. The Labute approximate surface area is 263 Å². The van der Waals surface area contributed by atoms with Crippen molar-refractivity contribution >= 4 is 55.7 Å². The topological polar surface area (TPSA) is 63.2 Å². The quantitative estimate of drug-likeness (QED) is 0.129. The van der Waals surface area contributed by atoms with Gasteiger partial charge in [0.1, 0.15) is 5.82 Å². The Balaban J connectivity index is 0.000000202. The molecule has 0 radical (unpaired) electrons. The number of hydrogen-bond acceptors (Lipinski definition) is 4. The van der Waals surface area contributed by atoms with E-state index in [1.54, 1.807) is 12.1 Å². The summed E-state index contributed by atoms with van der Waals surface area (Å²) in [5.74, 6) is -0.164. The summed E-state index contributed by atoms with van der Waals surface area (Å²) in [7, 11) is -2.52. The first-order chi connectivity index (χ1) is 20.6. The number of hydrogen-bond donors (Lipinski definition) is 0. The number of nitrogens with zero attached hydrogens (tertiary/aromatic N) is 3. The molecular weight excluding hydrogens is 644 g/mol. The van der Waals surface area contributed by atoms with Gasteiger partial charge in [-0.1, -0.05) is 121 Å². The van der Waals surface area contributed by atoms with Crippen LogP contribution in [0.4, 0.5) is 10.3 Å². The molecule has 0 fully saturated rings. The number of aromatic nitrogens is 2. The van der Waals surface area contributed by atoms with E-state index < -0.39 is 17.9 Å². The predicted molar refractivity (Wildman–Crippen MR) is 183 cm³/mol. The average Bonchev–Trinajstić information content (AvgIpc) is 3.02. The van der Waals surface area contributed by atoms with Crippen LogP contribution in [0.15, 0.2) is 115 Å². The van der Waals surface area contributed by atoms with Crippen molar-refractivity contribution in [1.29, 1.82) is 0 Å². The maximum atomic E-state index is 13.2. The molecule has 5 aromatic rings. The molecule has 0 saturated carbocycles. The molecule has 0 spiro atoms. The van der Waals surface area contributed by atoms with E-state index in [1.807, 2.05) is 13.8 Å². The molecule has 5 nitrogen and oxygen atoms in total. The molecule has 0 saturated heterocycles. The van der Waals surface area contributed by atoms with Gasteiger partial charge in [0.05, 0.1) is 17.6 Å². The number of alkyl halides is 1. The van der Waals surface area contributed by atoms with Crippen LogP contribution in [0.5, 0.6) is 0 Å². The van der Waals surface area contributed by atoms with Crippen molar-refractivity contribution in [1.82, 2.24) is 9.97 Å². The van der Waals surface area contributed by atoms with E-state index in [1.165, 1.54) is 35.1 Å². The van der Waals surface area contributed by atoms with Crippen LogP contribution in [-0.4, -0.2) is 31.7 Å². The van der Waals surface area contributed by atoms with Crippen LogP contribution < -0.4 is 20.2 Å². The molecule has 0 N–H and O–H groups in total. The van der Waals surface area contributed by atoms with Crippen molar-refractivity contribution in [2.45, 2.75) is 25.1 Å². The summed E-state index contributed by atoms with van der Waals surface area (Å²) in [6, 6.07) is 38.3. The zero-order valence-corrected chi connectivity index (χ0v) is 27.8. The molecule has 43 heavy (non-hydrogen) atoms. The molecule has 1 aromatic heterocycles. The van der Waals surface area contributed by atoms with Gasteiger partial charge in [0.25, 0.3) is 0 Å².